The molecule has 0 radical (unpaired) electrons. The SMILES string of the molecule is O=C(NC(Cc1ccc(F)c(F)c1)CN1C(=O)c2ccccc2C1=O)c1cc2c(s1)OCCn1ncc(Cl)c1-2. The third-order valence-corrected chi connectivity index (χ3v) is 7.91. The second-order valence-electron chi connectivity index (χ2n) is 9.11. The van der Waals surface area contributed by atoms with Gasteiger partial charge in [-0.2, -0.15) is 5.10 Å². The number of thiophene rings is 1. The van der Waals surface area contributed by atoms with Gasteiger partial charge in [0.1, 0.15) is 6.61 Å². The van der Waals surface area contributed by atoms with Gasteiger partial charge in [0.15, 0.2) is 16.7 Å². The number of hydrogen-bond donors (Lipinski definition) is 1. The summed E-state index contributed by atoms with van der Waals surface area (Å²) >= 11 is 7.47. The molecule has 2 aliphatic rings. The molecular weight excluding hydrogens is 550 g/mol. The zero-order valence-electron chi connectivity index (χ0n) is 20.1. The van der Waals surface area contributed by atoms with Crippen LogP contribution in [-0.2, 0) is 13.0 Å². The van der Waals surface area contributed by atoms with Gasteiger partial charge in [-0.3, -0.25) is 24.0 Å². The molecule has 12 heteroatoms. The molecule has 4 heterocycles. The number of rotatable bonds is 6. The van der Waals surface area contributed by atoms with Gasteiger partial charge in [0.2, 0.25) is 0 Å². The van der Waals surface area contributed by atoms with Gasteiger partial charge >= 0.3 is 0 Å². The van der Waals surface area contributed by atoms with Crippen LogP contribution in [0.5, 0.6) is 5.06 Å². The van der Waals surface area contributed by atoms with Crippen LogP contribution in [0.3, 0.4) is 0 Å². The van der Waals surface area contributed by atoms with E-state index in [2.05, 4.69) is 10.4 Å². The smallest absolute Gasteiger partial charge is 0.261 e. The molecule has 1 unspecified atom stereocenters. The Kier molecular flexibility index (Phi) is 6.40. The molecule has 0 aliphatic carbocycles. The summed E-state index contributed by atoms with van der Waals surface area (Å²) in [4.78, 5) is 40.8. The van der Waals surface area contributed by atoms with E-state index >= 15 is 0 Å². The van der Waals surface area contributed by atoms with E-state index in [1.807, 2.05) is 0 Å². The second kappa shape index (κ2) is 9.90. The highest BCUT2D eigenvalue weighted by atomic mass is 35.5. The van der Waals surface area contributed by atoms with Crippen molar-refractivity contribution in [1.29, 1.82) is 0 Å². The molecule has 1 N–H and O–H groups in total. The highest BCUT2D eigenvalue weighted by Gasteiger charge is 2.37. The summed E-state index contributed by atoms with van der Waals surface area (Å²) in [5.74, 6) is -3.50. The van der Waals surface area contributed by atoms with Crippen molar-refractivity contribution in [1.82, 2.24) is 20.0 Å². The van der Waals surface area contributed by atoms with Gasteiger partial charge in [0.05, 0.1) is 51.1 Å². The standard InChI is InChI=1S/C27H19ClF2N4O4S/c28-19-12-31-34-7-8-38-27-18(23(19)34)11-22(39-27)24(35)32-15(9-14-5-6-20(29)21(30)10-14)13-33-25(36)16-3-1-2-4-17(16)26(33)37/h1-6,10-12,15H,7-9,13H2,(H,32,35). The number of amides is 3. The van der Waals surface area contributed by atoms with E-state index in [-0.39, 0.29) is 24.1 Å². The number of fused-ring (bicyclic) bond motifs is 4. The van der Waals surface area contributed by atoms with Crippen LogP contribution < -0.4 is 10.1 Å². The molecule has 0 saturated carbocycles. The minimum atomic E-state index is -1.04. The number of imide groups is 1. The topological polar surface area (TPSA) is 93.5 Å². The van der Waals surface area contributed by atoms with Gasteiger partial charge in [0, 0.05) is 6.54 Å². The molecule has 39 heavy (non-hydrogen) atoms. The van der Waals surface area contributed by atoms with E-state index in [4.69, 9.17) is 16.3 Å². The quantitative estimate of drug-likeness (QED) is 0.344. The molecule has 2 aromatic carbocycles. The summed E-state index contributed by atoms with van der Waals surface area (Å²) in [5.41, 5.74) is 2.20. The Bertz CT molecular complexity index is 1620. The fourth-order valence-corrected chi connectivity index (χ4v) is 5.96. The number of hydrogen-bond acceptors (Lipinski definition) is 6. The predicted octanol–water partition coefficient (Wildman–Crippen LogP) is 4.57. The van der Waals surface area contributed by atoms with E-state index in [1.165, 1.54) is 12.3 Å². The number of halogens is 3. The maximum atomic E-state index is 13.9. The first-order valence-corrected chi connectivity index (χ1v) is 13.2. The predicted molar refractivity (Wildman–Crippen MR) is 139 cm³/mol. The summed E-state index contributed by atoms with van der Waals surface area (Å²) < 4.78 is 35.0. The largest absolute Gasteiger partial charge is 0.481 e. The van der Waals surface area contributed by atoms with E-state index in [9.17, 15) is 23.2 Å². The van der Waals surface area contributed by atoms with Crippen molar-refractivity contribution in [2.24, 2.45) is 0 Å². The normalized spacial score (nSPS) is 14.8. The van der Waals surface area contributed by atoms with Crippen molar-refractivity contribution < 1.29 is 27.9 Å². The molecule has 6 rings (SSSR count). The molecule has 0 fully saturated rings. The molecule has 3 amide bonds. The molecule has 198 valence electrons. The van der Waals surface area contributed by atoms with E-state index in [0.717, 1.165) is 28.4 Å². The molecule has 0 bridgehead atoms. The summed E-state index contributed by atoms with van der Waals surface area (Å²) in [5, 5.41) is 8.05. The number of nitrogens with one attached hydrogen (secondary N) is 1. The average Bonchev–Trinajstić information content (AvgIpc) is 3.53. The Hall–Kier alpha value is -4.09. The lowest BCUT2D eigenvalue weighted by Crippen LogP contribution is -2.46. The number of carbonyl (C=O) groups excluding carboxylic acids is 3. The van der Waals surface area contributed by atoms with Crippen LogP contribution in [0.1, 0.15) is 36.0 Å². The third kappa shape index (κ3) is 4.57. The maximum Gasteiger partial charge on any atom is 0.261 e. The van der Waals surface area contributed by atoms with Gasteiger partial charge in [-0.05, 0) is 42.3 Å². The first-order valence-electron chi connectivity index (χ1n) is 12.0. The number of nitrogens with zero attached hydrogens (tertiary/aromatic N) is 3. The van der Waals surface area contributed by atoms with Crippen LogP contribution in [0.4, 0.5) is 8.78 Å². The van der Waals surface area contributed by atoms with Crippen molar-refractivity contribution in [2.45, 2.75) is 19.0 Å². The Labute approximate surface area is 229 Å². The van der Waals surface area contributed by atoms with E-state index < -0.39 is 35.4 Å². The fraction of sp³-hybridized carbons (Fsp3) is 0.185. The Balaban J connectivity index is 1.29. The molecule has 4 aromatic rings. The Morgan fingerprint density at radius 1 is 1.08 bits per heavy atom. The number of benzene rings is 2. The lowest BCUT2D eigenvalue weighted by Gasteiger charge is -2.24. The van der Waals surface area contributed by atoms with Crippen molar-refractivity contribution in [3.05, 3.63) is 93.0 Å². The molecular formula is C27H19ClF2N4O4S. The zero-order chi connectivity index (χ0) is 27.3. The Morgan fingerprint density at radius 2 is 1.82 bits per heavy atom. The van der Waals surface area contributed by atoms with Crippen LogP contribution in [0.2, 0.25) is 5.02 Å². The summed E-state index contributed by atoms with van der Waals surface area (Å²) in [6, 6.07) is 10.7. The van der Waals surface area contributed by atoms with Gasteiger partial charge in [-0.1, -0.05) is 41.1 Å². The number of carbonyl (C=O) groups is 3. The third-order valence-electron chi connectivity index (χ3n) is 6.59. The van der Waals surface area contributed by atoms with Crippen LogP contribution in [0, 0.1) is 11.6 Å². The molecule has 0 spiro atoms. The first kappa shape index (κ1) is 25.2. The Morgan fingerprint density at radius 3 is 2.54 bits per heavy atom. The van der Waals surface area contributed by atoms with Crippen LogP contribution in [0.15, 0.2) is 54.7 Å². The van der Waals surface area contributed by atoms with E-state index in [0.29, 0.717) is 44.9 Å². The monoisotopic (exact) mass is 568 g/mol. The van der Waals surface area contributed by atoms with Crippen LogP contribution in [-0.4, -0.2) is 51.6 Å². The van der Waals surface area contributed by atoms with Crippen molar-refractivity contribution in [3.63, 3.8) is 0 Å². The average molecular weight is 569 g/mol. The minimum absolute atomic E-state index is 0.0382. The van der Waals surface area contributed by atoms with Crippen molar-refractivity contribution in [3.8, 4) is 16.3 Å². The van der Waals surface area contributed by atoms with E-state index in [1.54, 1.807) is 35.0 Å². The van der Waals surface area contributed by atoms with Crippen LogP contribution in [0.25, 0.3) is 11.3 Å². The lowest BCUT2D eigenvalue weighted by atomic mass is 10.0. The maximum absolute atomic E-state index is 13.9. The van der Waals surface area contributed by atoms with Gasteiger partial charge in [-0.25, -0.2) is 8.78 Å². The highest BCUT2D eigenvalue weighted by molar-refractivity contribution is 7.16. The molecule has 0 saturated heterocycles. The summed E-state index contributed by atoms with van der Waals surface area (Å²) in [7, 11) is 0. The van der Waals surface area contributed by atoms with Gasteiger partial charge in [-0.15, -0.1) is 0 Å². The summed E-state index contributed by atoms with van der Waals surface area (Å²) in [6.07, 6.45) is 1.57. The molecule has 2 aliphatic heterocycles. The van der Waals surface area contributed by atoms with Crippen molar-refractivity contribution >= 4 is 40.7 Å². The van der Waals surface area contributed by atoms with Gasteiger partial charge in [0.25, 0.3) is 17.7 Å². The first-order chi connectivity index (χ1) is 18.8. The van der Waals surface area contributed by atoms with Gasteiger partial charge < -0.3 is 10.1 Å². The molecule has 2 aromatic heterocycles. The molecule has 8 nitrogen and oxygen atoms in total. The summed E-state index contributed by atoms with van der Waals surface area (Å²) in [6.45, 7) is 0.677. The molecule has 1 atom stereocenters. The number of aromatic nitrogens is 2. The minimum Gasteiger partial charge on any atom is -0.481 e. The van der Waals surface area contributed by atoms with Crippen molar-refractivity contribution in [2.75, 3.05) is 13.2 Å². The fourth-order valence-electron chi connectivity index (χ4n) is 4.78. The zero-order valence-corrected chi connectivity index (χ0v) is 21.7. The van der Waals surface area contributed by atoms with Crippen LogP contribution >= 0.6 is 22.9 Å². The number of ether oxygens (including phenoxy) is 1. The lowest BCUT2D eigenvalue weighted by molar-refractivity contribution is 0.0629. The highest BCUT2D eigenvalue weighted by Crippen LogP contribution is 2.42. The second-order valence-corrected chi connectivity index (χ2v) is 10.5.